The van der Waals surface area contributed by atoms with Gasteiger partial charge in [-0.2, -0.15) is 0 Å². The molecule has 2 atom stereocenters. The molecule has 0 aliphatic heterocycles. The Kier molecular flexibility index (Phi) is 6.80. The van der Waals surface area contributed by atoms with Gasteiger partial charge < -0.3 is 4.90 Å². The molecule has 216 valence electrons. The molecule has 1 nitrogen and oxygen atoms in total. The lowest BCUT2D eigenvalue weighted by molar-refractivity contribution is 0.374. The molecule has 0 fully saturated rings. The lowest BCUT2D eigenvalue weighted by Crippen LogP contribution is -2.38. The second-order valence-electron chi connectivity index (χ2n) is 12.2. The quantitative estimate of drug-likeness (QED) is 0.190. The highest BCUT2D eigenvalue weighted by molar-refractivity contribution is 5.85. The lowest BCUT2D eigenvalue weighted by Gasteiger charge is -2.42. The first-order chi connectivity index (χ1) is 22.2. The SMILES string of the molecule is CC1C=CC=CC1C1(c2ccc(N(c3ccccc3)c3ccc(-c4ccccc4)cc3)cc2)c2ccccc2-c2ccccc21. The molecular weight excluding hydrogens is 542 g/mol. The molecule has 0 saturated heterocycles. The maximum absolute atomic E-state index is 2.43. The van der Waals surface area contributed by atoms with Crippen LogP contribution in [-0.2, 0) is 5.41 Å². The summed E-state index contributed by atoms with van der Waals surface area (Å²) in [7, 11) is 0. The summed E-state index contributed by atoms with van der Waals surface area (Å²) in [6.07, 6.45) is 9.23. The van der Waals surface area contributed by atoms with E-state index in [1.807, 2.05) is 0 Å². The first-order valence-corrected chi connectivity index (χ1v) is 15.9. The van der Waals surface area contributed by atoms with E-state index in [4.69, 9.17) is 0 Å². The van der Waals surface area contributed by atoms with E-state index < -0.39 is 0 Å². The Morgan fingerprint density at radius 1 is 0.444 bits per heavy atom. The van der Waals surface area contributed by atoms with Crippen molar-refractivity contribution < 1.29 is 0 Å². The van der Waals surface area contributed by atoms with Gasteiger partial charge in [-0.15, -0.1) is 0 Å². The van der Waals surface area contributed by atoms with Crippen molar-refractivity contribution in [3.05, 3.63) is 199 Å². The fourth-order valence-electron chi connectivity index (χ4n) is 7.72. The molecule has 0 saturated carbocycles. The molecule has 0 aromatic heterocycles. The van der Waals surface area contributed by atoms with Gasteiger partial charge in [0, 0.05) is 23.0 Å². The molecule has 1 heteroatoms. The zero-order chi connectivity index (χ0) is 30.2. The van der Waals surface area contributed by atoms with Crippen molar-refractivity contribution in [2.45, 2.75) is 12.3 Å². The molecule has 8 rings (SSSR count). The first-order valence-electron chi connectivity index (χ1n) is 15.9. The highest BCUT2D eigenvalue weighted by Gasteiger charge is 2.50. The predicted molar refractivity (Wildman–Crippen MR) is 189 cm³/mol. The largest absolute Gasteiger partial charge is 0.311 e. The standard InChI is InChI=1S/C44H35N/c1-32-14-8-11-21-41(32)44(42-22-12-9-19-39(42)40-20-10-13-23-43(40)44)35-26-30-38(31-27-35)45(36-17-6-3-7-18-36)37-28-24-34(25-29-37)33-15-4-2-5-16-33/h2-32,41H,1H3. The fourth-order valence-corrected chi connectivity index (χ4v) is 7.72. The summed E-state index contributed by atoms with van der Waals surface area (Å²) in [6, 6.07) is 57.6. The van der Waals surface area contributed by atoms with Crippen LogP contribution in [0.1, 0.15) is 23.6 Å². The summed E-state index contributed by atoms with van der Waals surface area (Å²) in [6.45, 7) is 2.36. The Hall–Kier alpha value is -5.40. The molecule has 0 radical (unpaired) electrons. The lowest BCUT2D eigenvalue weighted by atomic mass is 9.60. The zero-order valence-corrected chi connectivity index (χ0v) is 25.4. The van der Waals surface area contributed by atoms with Crippen LogP contribution >= 0.6 is 0 Å². The van der Waals surface area contributed by atoms with E-state index in [1.165, 1.54) is 38.9 Å². The van der Waals surface area contributed by atoms with Crippen molar-refractivity contribution in [2.75, 3.05) is 4.90 Å². The Labute approximate surface area is 266 Å². The van der Waals surface area contributed by atoms with Crippen LogP contribution < -0.4 is 4.90 Å². The molecule has 0 heterocycles. The van der Waals surface area contributed by atoms with Crippen LogP contribution in [0.5, 0.6) is 0 Å². The smallest absolute Gasteiger partial charge is 0.0531 e. The summed E-state index contributed by atoms with van der Waals surface area (Å²) in [5.74, 6) is 0.673. The van der Waals surface area contributed by atoms with E-state index >= 15 is 0 Å². The number of fused-ring (bicyclic) bond motifs is 3. The van der Waals surface area contributed by atoms with Crippen molar-refractivity contribution >= 4 is 17.1 Å². The van der Waals surface area contributed by atoms with E-state index in [2.05, 4.69) is 194 Å². The molecule has 2 unspecified atom stereocenters. The van der Waals surface area contributed by atoms with Gasteiger partial charge in [0.25, 0.3) is 0 Å². The molecule has 0 bridgehead atoms. The van der Waals surface area contributed by atoms with Gasteiger partial charge in [0.05, 0.1) is 5.41 Å². The normalized spacial score (nSPS) is 17.4. The van der Waals surface area contributed by atoms with Crippen LogP contribution in [-0.4, -0.2) is 0 Å². The number of nitrogens with zero attached hydrogens (tertiary/aromatic N) is 1. The van der Waals surface area contributed by atoms with Crippen molar-refractivity contribution in [1.82, 2.24) is 0 Å². The van der Waals surface area contributed by atoms with Crippen LogP contribution in [0, 0.1) is 11.8 Å². The molecule has 45 heavy (non-hydrogen) atoms. The third kappa shape index (κ3) is 4.47. The van der Waals surface area contributed by atoms with Gasteiger partial charge in [-0.1, -0.05) is 153 Å². The average Bonchev–Trinajstić information content (AvgIpc) is 3.41. The van der Waals surface area contributed by atoms with E-state index in [0.717, 1.165) is 17.1 Å². The van der Waals surface area contributed by atoms with Crippen molar-refractivity contribution in [1.29, 1.82) is 0 Å². The second-order valence-corrected chi connectivity index (χ2v) is 12.2. The summed E-state index contributed by atoms with van der Waals surface area (Å²) in [4.78, 5) is 2.35. The Morgan fingerprint density at radius 3 is 1.51 bits per heavy atom. The highest BCUT2D eigenvalue weighted by Crippen LogP contribution is 2.58. The van der Waals surface area contributed by atoms with Crippen LogP contribution in [0.4, 0.5) is 17.1 Å². The molecule has 0 amide bonds. The van der Waals surface area contributed by atoms with E-state index in [0.29, 0.717) is 5.92 Å². The third-order valence-corrected chi connectivity index (χ3v) is 9.73. The van der Waals surface area contributed by atoms with Gasteiger partial charge >= 0.3 is 0 Å². The number of hydrogen-bond donors (Lipinski definition) is 0. The number of hydrogen-bond acceptors (Lipinski definition) is 1. The molecule has 0 spiro atoms. The molecule has 2 aliphatic carbocycles. The predicted octanol–water partition coefficient (Wildman–Crippen LogP) is 11.5. The van der Waals surface area contributed by atoms with Gasteiger partial charge in [-0.3, -0.25) is 0 Å². The monoisotopic (exact) mass is 577 g/mol. The Balaban J connectivity index is 1.27. The van der Waals surface area contributed by atoms with Gasteiger partial charge in [-0.05, 0) is 81.3 Å². The highest BCUT2D eigenvalue weighted by atomic mass is 15.1. The summed E-state index contributed by atoms with van der Waals surface area (Å²) >= 11 is 0. The van der Waals surface area contributed by atoms with Gasteiger partial charge in [0.2, 0.25) is 0 Å². The summed E-state index contributed by atoms with van der Waals surface area (Å²) in [5.41, 5.74) is 12.4. The maximum atomic E-state index is 2.43. The Bertz CT molecular complexity index is 1960. The van der Waals surface area contributed by atoms with Crippen LogP contribution in [0.25, 0.3) is 22.3 Å². The van der Waals surface area contributed by atoms with Crippen molar-refractivity contribution in [3.8, 4) is 22.3 Å². The number of benzene rings is 6. The zero-order valence-electron chi connectivity index (χ0n) is 25.4. The van der Waals surface area contributed by atoms with Gasteiger partial charge in [0.1, 0.15) is 0 Å². The Morgan fingerprint density at radius 2 is 0.911 bits per heavy atom. The minimum atomic E-state index is -0.290. The van der Waals surface area contributed by atoms with Crippen LogP contribution in [0.3, 0.4) is 0 Å². The minimum absolute atomic E-state index is 0.286. The number of rotatable bonds is 6. The van der Waals surface area contributed by atoms with Gasteiger partial charge in [0.15, 0.2) is 0 Å². The average molecular weight is 578 g/mol. The van der Waals surface area contributed by atoms with Gasteiger partial charge in [-0.25, -0.2) is 0 Å². The molecule has 6 aromatic rings. The number of para-hydroxylation sites is 1. The van der Waals surface area contributed by atoms with Crippen molar-refractivity contribution in [2.24, 2.45) is 11.8 Å². The number of allylic oxidation sites excluding steroid dienone is 4. The van der Waals surface area contributed by atoms with Crippen LogP contribution in [0.2, 0.25) is 0 Å². The summed E-state index contributed by atoms with van der Waals surface area (Å²) in [5, 5.41) is 0. The summed E-state index contributed by atoms with van der Waals surface area (Å²) < 4.78 is 0. The minimum Gasteiger partial charge on any atom is -0.311 e. The second kappa shape index (κ2) is 11.3. The van der Waals surface area contributed by atoms with Crippen molar-refractivity contribution in [3.63, 3.8) is 0 Å². The van der Waals surface area contributed by atoms with E-state index in [-0.39, 0.29) is 11.3 Å². The molecule has 0 N–H and O–H groups in total. The fraction of sp³-hybridized carbons (Fsp3) is 0.0909. The molecule has 2 aliphatic rings. The topological polar surface area (TPSA) is 3.24 Å². The maximum Gasteiger partial charge on any atom is 0.0531 e. The third-order valence-electron chi connectivity index (χ3n) is 9.73. The van der Waals surface area contributed by atoms with E-state index in [1.54, 1.807) is 0 Å². The first kappa shape index (κ1) is 27.2. The molecule has 6 aromatic carbocycles. The molecular formula is C44H35N. The number of anilines is 3. The van der Waals surface area contributed by atoms with E-state index in [9.17, 15) is 0 Å². The van der Waals surface area contributed by atoms with Crippen LogP contribution in [0.15, 0.2) is 182 Å².